The molecule has 3 fully saturated rings. The number of anilines is 1. The standard InChI is InChI=1S/C32H40FN5O4/c1-20-11-12-25(33)26(13-20)35-30(40)19-37-16-23-14-24(18-37)28-9-6-10-29(39)34-21(2)31(41)36-27(32(42)38(28)17-23)15-22-7-4-3-5-8-22/h3-5,7-8,11-13,21,23-24,27-28H,6,9-10,14-19H2,1-2H3,(H,34,39)(H,35,40)(H,36,41)/t21-,23+,24-,27+,28+/m1/s1. The third kappa shape index (κ3) is 7.15. The highest BCUT2D eigenvalue weighted by Gasteiger charge is 2.44. The van der Waals surface area contributed by atoms with Crippen LogP contribution in [0, 0.1) is 24.6 Å². The predicted octanol–water partition coefficient (Wildman–Crippen LogP) is 2.64. The smallest absolute Gasteiger partial charge is 0.245 e. The van der Waals surface area contributed by atoms with Crippen molar-refractivity contribution in [2.24, 2.45) is 11.8 Å². The molecule has 2 aromatic rings. The zero-order chi connectivity index (χ0) is 29.8. The highest BCUT2D eigenvalue weighted by atomic mass is 19.1. The maximum atomic E-state index is 14.2. The first-order valence-corrected chi connectivity index (χ1v) is 14.9. The summed E-state index contributed by atoms with van der Waals surface area (Å²) >= 11 is 0. The molecule has 9 nitrogen and oxygen atoms in total. The lowest BCUT2D eigenvalue weighted by atomic mass is 9.77. The van der Waals surface area contributed by atoms with Crippen molar-refractivity contribution < 1.29 is 23.6 Å². The highest BCUT2D eigenvalue weighted by molar-refractivity contribution is 5.93. The molecule has 0 saturated carbocycles. The molecule has 2 aromatic carbocycles. The summed E-state index contributed by atoms with van der Waals surface area (Å²) in [5, 5.41) is 8.40. The van der Waals surface area contributed by atoms with Crippen LogP contribution >= 0.6 is 0 Å². The van der Waals surface area contributed by atoms with Crippen LogP contribution in [0.2, 0.25) is 0 Å². The lowest BCUT2D eigenvalue weighted by Crippen LogP contribution is -2.63. The summed E-state index contributed by atoms with van der Waals surface area (Å²) in [6.45, 7) is 5.40. The van der Waals surface area contributed by atoms with E-state index in [-0.39, 0.29) is 60.2 Å². The summed E-state index contributed by atoms with van der Waals surface area (Å²) in [5.41, 5.74) is 1.97. The number of rotatable bonds is 5. The second kappa shape index (κ2) is 13.0. The van der Waals surface area contributed by atoms with E-state index in [1.165, 1.54) is 6.07 Å². The van der Waals surface area contributed by atoms with E-state index in [0.717, 1.165) is 17.5 Å². The van der Waals surface area contributed by atoms with Crippen LogP contribution in [0.3, 0.4) is 0 Å². The Morgan fingerprint density at radius 3 is 2.62 bits per heavy atom. The molecule has 3 saturated heterocycles. The first-order chi connectivity index (χ1) is 20.2. The van der Waals surface area contributed by atoms with E-state index in [9.17, 15) is 23.6 Å². The number of carbonyl (C=O) groups is 4. The minimum atomic E-state index is -0.758. The van der Waals surface area contributed by atoms with Crippen molar-refractivity contribution in [1.29, 1.82) is 0 Å². The number of nitrogens with one attached hydrogen (secondary N) is 3. The fourth-order valence-electron chi connectivity index (χ4n) is 6.73. The molecule has 3 aliphatic heterocycles. The summed E-state index contributed by atoms with van der Waals surface area (Å²) in [6.07, 6.45) is 2.80. The normalized spacial score (nSPS) is 27.2. The van der Waals surface area contributed by atoms with E-state index in [2.05, 4.69) is 20.9 Å². The van der Waals surface area contributed by atoms with Gasteiger partial charge < -0.3 is 20.9 Å². The van der Waals surface area contributed by atoms with Crippen molar-refractivity contribution in [3.8, 4) is 0 Å². The van der Waals surface area contributed by atoms with Crippen LogP contribution in [0.15, 0.2) is 48.5 Å². The number of likely N-dealkylation sites (tertiary alicyclic amines) is 1. The Morgan fingerprint density at radius 2 is 1.83 bits per heavy atom. The lowest BCUT2D eigenvalue weighted by molar-refractivity contribution is -0.146. The van der Waals surface area contributed by atoms with Gasteiger partial charge in [-0.15, -0.1) is 0 Å². The maximum absolute atomic E-state index is 14.2. The molecule has 5 rings (SSSR count). The summed E-state index contributed by atoms with van der Waals surface area (Å²) in [5.74, 6) is -1.14. The Bertz CT molecular complexity index is 1320. The number of benzene rings is 2. The van der Waals surface area contributed by atoms with Crippen molar-refractivity contribution in [3.05, 3.63) is 65.5 Å². The highest BCUT2D eigenvalue weighted by Crippen LogP contribution is 2.36. The van der Waals surface area contributed by atoms with Crippen molar-refractivity contribution >= 4 is 29.3 Å². The Balaban J connectivity index is 1.33. The number of aryl methyl sites for hydroxylation is 1. The Hall–Kier alpha value is -3.79. The largest absolute Gasteiger partial charge is 0.345 e. The summed E-state index contributed by atoms with van der Waals surface area (Å²) < 4.78 is 14.2. The molecular formula is C32H40FN5O4. The van der Waals surface area contributed by atoms with Gasteiger partial charge in [0.25, 0.3) is 0 Å². The molecule has 3 aliphatic rings. The fourth-order valence-corrected chi connectivity index (χ4v) is 6.73. The van der Waals surface area contributed by atoms with Gasteiger partial charge in [0.2, 0.25) is 23.6 Å². The predicted molar refractivity (Wildman–Crippen MR) is 157 cm³/mol. The van der Waals surface area contributed by atoms with E-state index in [4.69, 9.17) is 0 Å². The topological polar surface area (TPSA) is 111 Å². The van der Waals surface area contributed by atoms with E-state index < -0.39 is 17.9 Å². The van der Waals surface area contributed by atoms with Gasteiger partial charge >= 0.3 is 0 Å². The molecule has 5 atom stereocenters. The molecule has 4 amide bonds. The quantitative estimate of drug-likeness (QED) is 0.506. The van der Waals surface area contributed by atoms with Gasteiger partial charge in [0, 0.05) is 38.5 Å². The number of halogens is 1. The van der Waals surface area contributed by atoms with Gasteiger partial charge in [-0.1, -0.05) is 36.4 Å². The van der Waals surface area contributed by atoms with Crippen molar-refractivity contribution in [2.75, 3.05) is 31.5 Å². The van der Waals surface area contributed by atoms with Gasteiger partial charge in [-0.2, -0.15) is 0 Å². The Kier molecular flexibility index (Phi) is 9.21. The molecule has 42 heavy (non-hydrogen) atoms. The second-order valence-electron chi connectivity index (χ2n) is 12.1. The number of nitrogens with zero attached hydrogens (tertiary/aromatic N) is 2. The van der Waals surface area contributed by atoms with E-state index >= 15 is 0 Å². The van der Waals surface area contributed by atoms with Crippen LogP contribution in [0.4, 0.5) is 10.1 Å². The minimum Gasteiger partial charge on any atom is -0.345 e. The summed E-state index contributed by atoms with van der Waals surface area (Å²) in [4.78, 5) is 56.7. The molecule has 0 aliphatic carbocycles. The summed E-state index contributed by atoms with van der Waals surface area (Å²) in [7, 11) is 0. The van der Waals surface area contributed by atoms with E-state index in [1.54, 1.807) is 19.1 Å². The van der Waals surface area contributed by atoms with Crippen molar-refractivity contribution in [3.63, 3.8) is 0 Å². The number of hydrogen-bond acceptors (Lipinski definition) is 5. The van der Waals surface area contributed by atoms with Gasteiger partial charge in [-0.25, -0.2) is 4.39 Å². The molecule has 3 N–H and O–H groups in total. The monoisotopic (exact) mass is 577 g/mol. The van der Waals surface area contributed by atoms with Crippen LogP contribution in [0.1, 0.15) is 43.7 Å². The third-order valence-electron chi connectivity index (χ3n) is 8.66. The molecule has 224 valence electrons. The Labute approximate surface area is 246 Å². The van der Waals surface area contributed by atoms with Crippen LogP contribution in [-0.2, 0) is 25.6 Å². The molecule has 3 heterocycles. The van der Waals surface area contributed by atoms with Gasteiger partial charge in [-0.3, -0.25) is 24.1 Å². The summed E-state index contributed by atoms with van der Waals surface area (Å²) in [6, 6.07) is 12.6. The van der Waals surface area contributed by atoms with E-state index in [0.29, 0.717) is 38.9 Å². The molecular weight excluding hydrogens is 537 g/mol. The number of piperidine rings is 2. The fraction of sp³-hybridized carbons (Fsp3) is 0.500. The van der Waals surface area contributed by atoms with Gasteiger partial charge in [0.15, 0.2) is 0 Å². The van der Waals surface area contributed by atoms with E-state index in [1.807, 2.05) is 42.2 Å². The van der Waals surface area contributed by atoms with Gasteiger partial charge in [0.1, 0.15) is 17.9 Å². The molecule has 0 aromatic heterocycles. The molecule has 2 bridgehead atoms. The van der Waals surface area contributed by atoms with Crippen molar-refractivity contribution in [2.45, 2.75) is 64.1 Å². The van der Waals surface area contributed by atoms with Crippen LogP contribution < -0.4 is 16.0 Å². The second-order valence-corrected chi connectivity index (χ2v) is 12.1. The minimum absolute atomic E-state index is 0.105. The van der Waals surface area contributed by atoms with Crippen molar-refractivity contribution in [1.82, 2.24) is 20.4 Å². The molecule has 0 spiro atoms. The molecule has 10 heteroatoms. The molecule has 0 unspecified atom stereocenters. The molecule has 0 radical (unpaired) electrons. The van der Waals surface area contributed by atoms with Crippen LogP contribution in [0.25, 0.3) is 0 Å². The van der Waals surface area contributed by atoms with Crippen LogP contribution in [-0.4, -0.2) is 77.7 Å². The lowest BCUT2D eigenvalue weighted by Gasteiger charge is -2.51. The maximum Gasteiger partial charge on any atom is 0.245 e. The zero-order valence-electron chi connectivity index (χ0n) is 24.3. The number of hydrogen-bond donors (Lipinski definition) is 3. The number of fused-ring (bicyclic) bond motifs is 4. The zero-order valence-corrected chi connectivity index (χ0v) is 24.3. The first-order valence-electron chi connectivity index (χ1n) is 14.9. The number of carbonyl (C=O) groups excluding carboxylic acids is 4. The van der Waals surface area contributed by atoms with Gasteiger partial charge in [0.05, 0.1) is 12.2 Å². The third-order valence-corrected chi connectivity index (χ3v) is 8.66. The number of amides is 4. The van der Waals surface area contributed by atoms with Gasteiger partial charge in [-0.05, 0) is 68.2 Å². The first kappa shape index (κ1) is 29.7. The Morgan fingerprint density at radius 1 is 1.05 bits per heavy atom. The average molecular weight is 578 g/mol. The average Bonchev–Trinajstić information content (AvgIpc) is 2.95. The van der Waals surface area contributed by atoms with Crippen LogP contribution in [0.5, 0.6) is 0 Å². The SMILES string of the molecule is Cc1ccc(F)c(NC(=O)CN2C[C@@H]3C[C@H](C2)[C@@H]2CCCC(=O)N[C@H](C)C(=O)N[C@@H](Cc4ccccc4)C(=O)N2C3)c1.